The minimum Gasteiger partial charge on any atom is -0.365 e. The Labute approximate surface area is 120 Å². The van der Waals surface area contributed by atoms with E-state index in [9.17, 15) is 0 Å². The second kappa shape index (κ2) is 5.68. The number of aromatic nitrogens is 1. The van der Waals surface area contributed by atoms with Crippen molar-refractivity contribution >= 4 is 6.08 Å². The lowest BCUT2D eigenvalue weighted by atomic mass is 9.81. The van der Waals surface area contributed by atoms with E-state index < -0.39 is 0 Å². The molecule has 2 nitrogen and oxygen atoms in total. The first kappa shape index (κ1) is 13.2. The van der Waals surface area contributed by atoms with Crippen LogP contribution in [0.25, 0.3) is 6.08 Å². The first-order valence-corrected chi connectivity index (χ1v) is 7.39. The average Bonchev–Trinajstić information content (AvgIpc) is 3.17. The molecule has 0 spiro atoms. The summed E-state index contributed by atoms with van der Waals surface area (Å²) in [5.41, 5.74) is 3.96. The molecule has 2 heterocycles. The van der Waals surface area contributed by atoms with Gasteiger partial charge in [-0.25, -0.2) is 0 Å². The number of hydrogen-bond acceptors (Lipinski definition) is 1. The number of H-pyrrole nitrogens is 1. The Balaban J connectivity index is 1.91. The molecule has 2 aromatic rings. The van der Waals surface area contributed by atoms with Crippen LogP contribution in [-0.2, 0) is 0 Å². The van der Waals surface area contributed by atoms with E-state index in [1.165, 1.54) is 23.2 Å². The molecule has 1 saturated heterocycles. The minimum absolute atomic E-state index is 0.419. The molecule has 3 rings (SSSR count). The molecule has 3 atom stereocenters. The summed E-state index contributed by atoms with van der Waals surface area (Å²) in [5, 5.41) is 3.68. The lowest BCUT2D eigenvalue weighted by Crippen LogP contribution is -2.22. The number of nitrogens with one attached hydrogen (secondary N) is 2. The monoisotopic (exact) mass is 266 g/mol. The number of hydrogen-bond donors (Lipinski definition) is 2. The first-order valence-electron chi connectivity index (χ1n) is 7.39. The molecule has 2 N–H and O–H groups in total. The summed E-state index contributed by atoms with van der Waals surface area (Å²) in [7, 11) is 0. The van der Waals surface area contributed by atoms with Gasteiger partial charge < -0.3 is 10.3 Å². The van der Waals surface area contributed by atoms with Crippen molar-refractivity contribution in [3.8, 4) is 0 Å². The Morgan fingerprint density at radius 1 is 1.25 bits per heavy atom. The molecule has 20 heavy (non-hydrogen) atoms. The highest BCUT2D eigenvalue weighted by Gasteiger charge is 2.34. The van der Waals surface area contributed by atoms with Gasteiger partial charge in [0.1, 0.15) is 0 Å². The van der Waals surface area contributed by atoms with Gasteiger partial charge in [-0.3, -0.25) is 0 Å². The van der Waals surface area contributed by atoms with Crippen LogP contribution in [0, 0.1) is 5.92 Å². The summed E-state index contributed by atoms with van der Waals surface area (Å²) in [6.07, 6.45) is 5.20. The largest absolute Gasteiger partial charge is 0.365 e. The average molecular weight is 266 g/mol. The van der Waals surface area contributed by atoms with Crippen molar-refractivity contribution in [1.29, 1.82) is 0 Å². The van der Waals surface area contributed by atoms with Gasteiger partial charge in [0, 0.05) is 23.9 Å². The smallest absolute Gasteiger partial charge is 0.0361 e. The van der Waals surface area contributed by atoms with E-state index in [-0.39, 0.29) is 0 Å². The fourth-order valence-corrected chi connectivity index (χ4v) is 3.44. The quantitative estimate of drug-likeness (QED) is 0.856. The SMILES string of the molecule is C=Cc1ccccc1[C@H]1NCC[C@H]1[C@H](C)c1ccc[nH]1. The minimum atomic E-state index is 0.419. The van der Waals surface area contributed by atoms with Crippen LogP contribution >= 0.6 is 0 Å². The number of benzene rings is 1. The zero-order chi connectivity index (χ0) is 13.9. The number of rotatable bonds is 4. The van der Waals surface area contributed by atoms with Crippen LogP contribution in [0.2, 0.25) is 0 Å². The second-order valence-electron chi connectivity index (χ2n) is 5.63. The molecule has 1 fully saturated rings. The van der Waals surface area contributed by atoms with Crippen LogP contribution in [0.4, 0.5) is 0 Å². The van der Waals surface area contributed by atoms with Crippen LogP contribution in [0.5, 0.6) is 0 Å². The van der Waals surface area contributed by atoms with Crippen LogP contribution < -0.4 is 5.32 Å². The maximum absolute atomic E-state index is 3.95. The zero-order valence-electron chi connectivity index (χ0n) is 12.0. The summed E-state index contributed by atoms with van der Waals surface area (Å²) in [6.45, 7) is 7.36. The van der Waals surface area contributed by atoms with Crippen molar-refractivity contribution in [3.05, 3.63) is 66.0 Å². The van der Waals surface area contributed by atoms with E-state index in [1.54, 1.807) is 0 Å². The Morgan fingerprint density at radius 3 is 2.85 bits per heavy atom. The maximum Gasteiger partial charge on any atom is 0.0361 e. The third kappa shape index (κ3) is 2.32. The normalized spacial score (nSPS) is 23.6. The topological polar surface area (TPSA) is 27.8 Å². The van der Waals surface area contributed by atoms with Crippen LogP contribution in [-0.4, -0.2) is 11.5 Å². The molecule has 0 amide bonds. The fourth-order valence-electron chi connectivity index (χ4n) is 3.44. The molecule has 1 aromatic heterocycles. The van der Waals surface area contributed by atoms with Crippen LogP contribution in [0.3, 0.4) is 0 Å². The van der Waals surface area contributed by atoms with Crippen molar-refractivity contribution < 1.29 is 0 Å². The van der Waals surface area contributed by atoms with E-state index >= 15 is 0 Å². The summed E-state index contributed by atoms with van der Waals surface area (Å²) >= 11 is 0. The van der Waals surface area contributed by atoms with E-state index in [1.807, 2.05) is 12.3 Å². The molecule has 0 aliphatic carbocycles. The van der Waals surface area contributed by atoms with Gasteiger partial charge in [-0.05, 0) is 42.1 Å². The van der Waals surface area contributed by atoms with E-state index in [0.717, 1.165) is 6.54 Å². The van der Waals surface area contributed by atoms with E-state index in [2.05, 4.69) is 60.2 Å². The Bertz CT molecular complexity index is 571. The lowest BCUT2D eigenvalue weighted by Gasteiger charge is -2.26. The second-order valence-corrected chi connectivity index (χ2v) is 5.63. The van der Waals surface area contributed by atoms with Crippen LogP contribution in [0.15, 0.2) is 49.2 Å². The van der Waals surface area contributed by atoms with Gasteiger partial charge in [0.25, 0.3) is 0 Å². The summed E-state index contributed by atoms with van der Waals surface area (Å²) in [5.74, 6) is 1.15. The summed E-state index contributed by atoms with van der Waals surface area (Å²) in [6, 6.07) is 13.3. The van der Waals surface area contributed by atoms with Gasteiger partial charge in [-0.2, -0.15) is 0 Å². The third-order valence-electron chi connectivity index (χ3n) is 4.58. The standard InChI is InChI=1S/C18H22N2/c1-3-14-7-4-5-8-16(14)18-15(10-12-20-18)13(2)17-9-6-11-19-17/h3-9,11,13,15,18-20H,1,10,12H2,2H3/t13-,15-,18-/m0/s1. The molecular weight excluding hydrogens is 244 g/mol. The van der Waals surface area contributed by atoms with Crippen molar-refractivity contribution in [2.24, 2.45) is 5.92 Å². The molecule has 0 saturated carbocycles. The Hall–Kier alpha value is -1.80. The molecule has 1 aliphatic heterocycles. The zero-order valence-corrected chi connectivity index (χ0v) is 12.0. The molecule has 1 aliphatic rings. The van der Waals surface area contributed by atoms with E-state index in [4.69, 9.17) is 0 Å². The van der Waals surface area contributed by atoms with Gasteiger partial charge in [-0.1, -0.05) is 43.8 Å². The predicted molar refractivity (Wildman–Crippen MR) is 84.6 cm³/mol. The summed E-state index contributed by atoms with van der Waals surface area (Å²) < 4.78 is 0. The molecule has 1 aromatic carbocycles. The fraction of sp³-hybridized carbons (Fsp3) is 0.333. The van der Waals surface area contributed by atoms with Crippen molar-refractivity contribution in [1.82, 2.24) is 10.3 Å². The van der Waals surface area contributed by atoms with Crippen LogP contribution in [0.1, 0.15) is 42.1 Å². The first-order chi connectivity index (χ1) is 9.81. The maximum atomic E-state index is 3.95. The summed E-state index contributed by atoms with van der Waals surface area (Å²) in [4.78, 5) is 3.37. The van der Waals surface area contributed by atoms with Gasteiger partial charge in [0.15, 0.2) is 0 Å². The third-order valence-corrected chi connectivity index (χ3v) is 4.58. The van der Waals surface area contributed by atoms with Crippen molar-refractivity contribution in [2.45, 2.75) is 25.3 Å². The van der Waals surface area contributed by atoms with Gasteiger partial charge >= 0.3 is 0 Å². The van der Waals surface area contributed by atoms with Crippen molar-refractivity contribution in [2.75, 3.05) is 6.54 Å². The number of aromatic amines is 1. The molecule has 0 radical (unpaired) electrons. The van der Waals surface area contributed by atoms with Gasteiger partial charge in [-0.15, -0.1) is 0 Å². The highest BCUT2D eigenvalue weighted by atomic mass is 15.0. The Morgan fingerprint density at radius 2 is 2.10 bits per heavy atom. The lowest BCUT2D eigenvalue weighted by molar-refractivity contribution is 0.394. The molecule has 0 bridgehead atoms. The molecule has 2 heteroatoms. The highest BCUT2D eigenvalue weighted by Crippen LogP contribution is 2.40. The molecule has 0 unspecified atom stereocenters. The molecule has 104 valence electrons. The van der Waals surface area contributed by atoms with Crippen molar-refractivity contribution in [3.63, 3.8) is 0 Å². The highest BCUT2D eigenvalue weighted by molar-refractivity contribution is 5.53. The van der Waals surface area contributed by atoms with Gasteiger partial charge in [0.05, 0.1) is 0 Å². The van der Waals surface area contributed by atoms with Gasteiger partial charge in [0.2, 0.25) is 0 Å². The molecular formula is C18H22N2. The Kier molecular flexibility index (Phi) is 3.75. The van der Waals surface area contributed by atoms with E-state index in [0.29, 0.717) is 17.9 Å². The predicted octanol–water partition coefficient (Wildman–Crippen LogP) is 4.11.